The van der Waals surface area contributed by atoms with Gasteiger partial charge in [-0.05, 0) is 31.9 Å². The molecule has 0 heterocycles. The summed E-state index contributed by atoms with van der Waals surface area (Å²) in [6.45, 7) is 2.44. The molecule has 1 aromatic rings. The van der Waals surface area contributed by atoms with Gasteiger partial charge in [0.2, 0.25) is 5.82 Å². The first-order chi connectivity index (χ1) is 10.0. The van der Waals surface area contributed by atoms with Crippen molar-refractivity contribution in [3.05, 3.63) is 39.7 Å². The molecule has 0 aromatic heterocycles. The summed E-state index contributed by atoms with van der Waals surface area (Å²) in [5.74, 6) is -1.18. The van der Waals surface area contributed by atoms with Crippen molar-refractivity contribution in [2.24, 2.45) is 0 Å². The summed E-state index contributed by atoms with van der Waals surface area (Å²) in [5, 5.41) is 10.8. The Morgan fingerprint density at radius 1 is 1.38 bits per heavy atom. The maximum Gasteiger partial charge on any atom is 0.305 e. The van der Waals surface area contributed by atoms with Gasteiger partial charge in [-0.25, -0.2) is 0 Å². The van der Waals surface area contributed by atoms with E-state index in [9.17, 15) is 19.3 Å². The van der Waals surface area contributed by atoms with Gasteiger partial charge in [0, 0.05) is 24.2 Å². The standard InChI is InChI=1S/C15H19FN2O3/c1-2-17(12-6-4-3-5-7-12)15(19)11-8-9-13(16)14(10-11)18(20)21/h8-10,12H,2-7H2,1H3. The fourth-order valence-electron chi connectivity index (χ4n) is 2.91. The highest BCUT2D eigenvalue weighted by molar-refractivity contribution is 5.95. The predicted molar refractivity (Wildman–Crippen MR) is 76.6 cm³/mol. The van der Waals surface area contributed by atoms with E-state index in [1.165, 1.54) is 12.5 Å². The van der Waals surface area contributed by atoms with Crippen LogP contribution in [0.3, 0.4) is 0 Å². The molecule has 0 saturated heterocycles. The summed E-state index contributed by atoms with van der Waals surface area (Å²) < 4.78 is 13.4. The first-order valence-electron chi connectivity index (χ1n) is 7.29. The van der Waals surface area contributed by atoms with Crippen molar-refractivity contribution in [1.82, 2.24) is 4.90 Å². The SMILES string of the molecule is CCN(C(=O)c1ccc(F)c([N+](=O)[O-])c1)C1CCCCC1. The van der Waals surface area contributed by atoms with Crippen molar-refractivity contribution in [2.75, 3.05) is 6.54 Å². The van der Waals surface area contributed by atoms with E-state index in [0.29, 0.717) is 6.54 Å². The Morgan fingerprint density at radius 2 is 2.05 bits per heavy atom. The number of nitrogens with zero attached hydrogens (tertiary/aromatic N) is 2. The molecule has 0 unspecified atom stereocenters. The third-order valence-electron chi connectivity index (χ3n) is 4.01. The maximum absolute atomic E-state index is 13.4. The Bertz CT molecular complexity index is 542. The molecule has 0 atom stereocenters. The van der Waals surface area contributed by atoms with Crippen molar-refractivity contribution in [3.8, 4) is 0 Å². The molecule has 0 radical (unpaired) electrons. The Balaban J connectivity index is 2.24. The molecule has 1 aliphatic carbocycles. The number of nitro groups is 1. The zero-order valence-corrected chi connectivity index (χ0v) is 12.0. The second kappa shape index (κ2) is 6.65. The molecule has 1 saturated carbocycles. The first-order valence-corrected chi connectivity index (χ1v) is 7.29. The van der Waals surface area contributed by atoms with Crippen molar-refractivity contribution < 1.29 is 14.1 Å². The number of halogens is 1. The van der Waals surface area contributed by atoms with Crippen LogP contribution < -0.4 is 0 Å². The normalized spacial score (nSPS) is 15.7. The van der Waals surface area contributed by atoms with E-state index in [1.807, 2.05) is 6.92 Å². The number of carbonyl (C=O) groups is 1. The molecule has 2 rings (SSSR count). The molecular formula is C15H19FN2O3. The van der Waals surface area contributed by atoms with Gasteiger partial charge in [-0.2, -0.15) is 4.39 Å². The van der Waals surface area contributed by atoms with Crippen LogP contribution in [0.1, 0.15) is 49.4 Å². The minimum absolute atomic E-state index is 0.176. The van der Waals surface area contributed by atoms with Crippen LogP contribution in [0.5, 0.6) is 0 Å². The Kier molecular flexibility index (Phi) is 4.88. The second-order valence-corrected chi connectivity index (χ2v) is 5.31. The van der Waals surface area contributed by atoms with E-state index in [0.717, 1.165) is 37.8 Å². The summed E-state index contributed by atoms with van der Waals surface area (Å²) in [6, 6.07) is 3.51. The van der Waals surface area contributed by atoms with Gasteiger partial charge in [0.05, 0.1) is 4.92 Å². The van der Waals surface area contributed by atoms with E-state index < -0.39 is 16.4 Å². The minimum Gasteiger partial charge on any atom is -0.336 e. The molecule has 21 heavy (non-hydrogen) atoms. The van der Waals surface area contributed by atoms with E-state index in [2.05, 4.69) is 0 Å². The number of nitro benzene ring substituents is 1. The summed E-state index contributed by atoms with van der Waals surface area (Å²) in [5.41, 5.74) is -0.476. The monoisotopic (exact) mass is 294 g/mol. The number of benzene rings is 1. The molecule has 0 aliphatic heterocycles. The van der Waals surface area contributed by atoms with Gasteiger partial charge >= 0.3 is 5.69 Å². The van der Waals surface area contributed by atoms with E-state index >= 15 is 0 Å². The third-order valence-corrected chi connectivity index (χ3v) is 4.01. The lowest BCUT2D eigenvalue weighted by atomic mass is 9.93. The van der Waals surface area contributed by atoms with Gasteiger partial charge in [-0.15, -0.1) is 0 Å². The van der Waals surface area contributed by atoms with Gasteiger partial charge in [0.15, 0.2) is 0 Å². The van der Waals surface area contributed by atoms with Crippen molar-refractivity contribution in [3.63, 3.8) is 0 Å². The van der Waals surface area contributed by atoms with Crippen LogP contribution >= 0.6 is 0 Å². The molecule has 5 nitrogen and oxygen atoms in total. The van der Waals surface area contributed by atoms with Crippen LogP contribution in [0, 0.1) is 15.9 Å². The summed E-state index contributed by atoms with van der Waals surface area (Å²) in [4.78, 5) is 24.3. The number of hydrogen-bond acceptors (Lipinski definition) is 3. The molecule has 0 spiro atoms. The smallest absolute Gasteiger partial charge is 0.305 e. The van der Waals surface area contributed by atoms with Crippen molar-refractivity contribution in [1.29, 1.82) is 0 Å². The molecule has 1 fully saturated rings. The number of hydrogen-bond donors (Lipinski definition) is 0. The lowest BCUT2D eigenvalue weighted by Gasteiger charge is -2.33. The van der Waals surface area contributed by atoms with Gasteiger partial charge in [-0.3, -0.25) is 14.9 Å². The minimum atomic E-state index is -0.919. The molecule has 6 heteroatoms. The van der Waals surface area contributed by atoms with E-state index in [4.69, 9.17) is 0 Å². The number of rotatable bonds is 4. The van der Waals surface area contributed by atoms with Crippen LogP contribution in [0.2, 0.25) is 0 Å². The Labute approximate surface area is 122 Å². The predicted octanol–water partition coefficient (Wildman–Crippen LogP) is 3.53. The molecule has 0 bridgehead atoms. The van der Waals surface area contributed by atoms with Gasteiger partial charge in [0.25, 0.3) is 5.91 Å². The lowest BCUT2D eigenvalue weighted by Crippen LogP contribution is -2.41. The summed E-state index contributed by atoms with van der Waals surface area (Å²) in [7, 11) is 0. The van der Waals surface area contributed by atoms with Crippen LogP contribution in [0.15, 0.2) is 18.2 Å². The average Bonchev–Trinajstić information content (AvgIpc) is 2.49. The van der Waals surface area contributed by atoms with Crippen molar-refractivity contribution >= 4 is 11.6 Å². The van der Waals surface area contributed by atoms with Crippen LogP contribution in [0.25, 0.3) is 0 Å². The highest BCUT2D eigenvalue weighted by Crippen LogP contribution is 2.25. The lowest BCUT2D eigenvalue weighted by molar-refractivity contribution is -0.387. The Hall–Kier alpha value is -1.98. The van der Waals surface area contributed by atoms with Gasteiger partial charge < -0.3 is 4.90 Å². The highest BCUT2D eigenvalue weighted by Gasteiger charge is 2.26. The van der Waals surface area contributed by atoms with E-state index in [1.54, 1.807) is 4.90 Å². The summed E-state index contributed by atoms with van der Waals surface area (Å²) >= 11 is 0. The summed E-state index contributed by atoms with van der Waals surface area (Å²) in [6.07, 6.45) is 5.30. The fourth-order valence-corrected chi connectivity index (χ4v) is 2.91. The third kappa shape index (κ3) is 3.37. The van der Waals surface area contributed by atoms with Gasteiger partial charge in [0.1, 0.15) is 0 Å². The molecule has 1 aromatic carbocycles. The first kappa shape index (κ1) is 15.4. The molecule has 1 amide bonds. The quantitative estimate of drug-likeness (QED) is 0.630. The number of carbonyl (C=O) groups excluding carboxylic acids is 1. The Morgan fingerprint density at radius 3 is 2.62 bits per heavy atom. The van der Waals surface area contributed by atoms with Crippen LogP contribution in [-0.4, -0.2) is 28.3 Å². The zero-order chi connectivity index (χ0) is 15.4. The molecule has 114 valence electrons. The highest BCUT2D eigenvalue weighted by atomic mass is 19.1. The fraction of sp³-hybridized carbons (Fsp3) is 0.533. The van der Waals surface area contributed by atoms with Crippen molar-refractivity contribution in [2.45, 2.75) is 45.1 Å². The maximum atomic E-state index is 13.4. The average molecular weight is 294 g/mol. The molecule has 1 aliphatic rings. The zero-order valence-electron chi connectivity index (χ0n) is 12.0. The van der Waals surface area contributed by atoms with Crippen LogP contribution in [-0.2, 0) is 0 Å². The van der Waals surface area contributed by atoms with Gasteiger partial charge in [-0.1, -0.05) is 19.3 Å². The second-order valence-electron chi connectivity index (χ2n) is 5.31. The number of amides is 1. The molecule has 0 N–H and O–H groups in total. The topological polar surface area (TPSA) is 63.5 Å². The van der Waals surface area contributed by atoms with Crippen LogP contribution in [0.4, 0.5) is 10.1 Å². The largest absolute Gasteiger partial charge is 0.336 e. The van der Waals surface area contributed by atoms with E-state index in [-0.39, 0.29) is 17.5 Å². The molecular weight excluding hydrogens is 275 g/mol.